The molecular formula is C26H34N2O3. The summed E-state index contributed by atoms with van der Waals surface area (Å²) >= 11 is 0. The second-order valence-corrected chi connectivity index (χ2v) is 9.18. The zero-order valence-corrected chi connectivity index (χ0v) is 19.1. The van der Waals surface area contributed by atoms with Crippen LogP contribution in [0.2, 0.25) is 0 Å². The van der Waals surface area contributed by atoms with Crippen molar-refractivity contribution in [2.45, 2.75) is 42.7 Å². The van der Waals surface area contributed by atoms with Gasteiger partial charge < -0.3 is 19.3 Å². The van der Waals surface area contributed by atoms with Gasteiger partial charge in [-0.15, -0.1) is 0 Å². The zero-order chi connectivity index (χ0) is 22.1. The minimum Gasteiger partial charge on any atom is -0.497 e. The number of hydrogen-bond acceptors (Lipinski definition) is 4. The minimum atomic E-state index is -0.278. The van der Waals surface area contributed by atoms with Crippen LogP contribution in [0.4, 0.5) is 0 Å². The summed E-state index contributed by atoms with van der Waals surface area (Å²) in [5.41, 5.74) is 1.55. The molecule has 1 saturated carbocycles. The number of piperidine rings is 1. The number of nitrogens with zero attached hydrogens (tertiary/aromatic N) is 2. The van der Waals surface area contributed by atoms with Crippen LogP contribution in [-0.2, 0) is 10.2 Å². The van der Waals surface area contributed by atoms with Crippen LogP contribution in [-0.4, -0.2) is 68.8 Å². The van der Waals surface area contributed by atoms with Crippen LogP contribution in [0.3, 0.4) is 0 Å². The van der Waals surface area contributed by atoms with Crippen LogP contribution in [0.15, 0.2) is 54.6 Å². The number of likely N-dealkylation sites (tertiary alicyclic amines) is 1. The summed E-state index contributed by atoms with van der Waals surface area (Å²) in [7, 11) is 7.69. The highest BCUT2D eigenvalue weighted by Gasteiger charge is 2.59. The Balaban J connectivity index is 1.72. The Kier molecular flexibility index (Phi) is 6.09. The number of carbonyl (C=O) groups is 1. The molecule has 2 aromatic rings. The van der Waals surface area contributed by atoms with E-state index in [-0.39, 0.29) is 23.0 Å². The third-order valence-corrected chi connectivity index (χ3v) is 7.69. The summed E-state index contributed by atoms with van der Waals surface area (Å²) in [4.78, 5) is 17.5. The summed E-state index contributed by atoms with van der Waals surface area (Å²) in [5.74, 6) is 0.955. The van der Waals surface area contributed by atoms with E-state index in [9.17, 15) is 4.79 Å². The zero-order valence-electron chi connectivity index (χ0n) is 19.1. The Bertz CT molecular complexity index is 918. The molecule has 1 amide bonds. The van der Waals surface area contributed by atoms with Crippen LogP contribution < -0.4 is 4.74 Å². The van der Waals surface area contributed by atoms with Gasteiger partial charge in [-0.05, 0) is 69.1 Å². The molecule has 166 valence electrons. The first-order valence-electron chi connectivity index (χ1n) is 11.2. The number of likely N-dealkylation sites (N-methyl/N-ethyl adjacent to an activating group) is 1. The monoisotopic (exact) mass is 422 g/mol. The van der Waals surface area contributed by atoms with Crippen molar-refractivity contribution in [2.75, 3.05) is 41.4 Å². The molecule has 2 fully saturated rings. The van der Waals surface area contributed by atoms with Crippen molar-refractivity contribution in [2.24, 2.45) is 0 Å². The molecule has 2 unspecified atom stereocenters. The highest BCUT2D eigenvalue weighted by Crippen LogP contribution is 2.54. The van der Waals surface area contributed by atoms with Gasteiger partial charge in [-0.1, -0.05) is 30.3 Å². The molecule has 1 aliphatic heterocycles. The number of hydrogen-bond donors (Lipinski definition) is 0. The molecule has 1 aliphatic carbocycles. The van der Waals surface area contributed by atoms with Crippen LogP contribution in [0, 0.1) is 0 Å². The fourth-order valence-corrected chi connectivity index (χ4v) is 5.88. The van der Waals surface area contributed by atoms with Crippen molar-refractivity contribution >= 4 is 5.91 Å². The number of ether oxygens (including phenoxy) is 2. The standard InChI is InChI=1S/C26H34N2O3/c1-27-16-15-25(21-11-8-12-23(17-21)30-3)18-22(13-14-26(25,19-27)31-4)28(2)24(29)20-9-6-5-7-10-20/h5-12,17,22H,13-16,18-19H2,1-4H3/t22-,25?,26?/m0/s1. The Morgan fingerprint density at radius 3 is 2.58 bits per heavy atom. The maximum Gasteiger partial charge on any atom is 0.253 e. The first-order valence-corrected chi connectivity index (χ1v) is 11.2. The summed E-state index contributed by atoms with van der Waals surface area (Å²) in [5, 5.41) is 0. The fraction of sp³-hybridized carbons (Fsp3) is 0.500. The Labute approximate surface area is 185 Å². The number of benzene rings is 2. The van der Waals surface area contributed by atoms with E-state index in [1.165, 1.54) is 5.56 Å². The van der Waals surface area contributed by atoms with Gasteiger partial charge in [0.05, 0.1) is 12.7 Å². The first-order chi connectivity index (χ1) is 14.9. The van der Waals surface area contributed by atoms with Gasteiger partial charge >= 0.3 is 0 Å². The van der Waals surface area contributed by atoms with E-state index in [2.05, 4.69) is 30.1 Å². The average molecular weight is 423 g/mol. The largest absolute Gasteiger partial charge is 0.497 e. The van der Waals surface area contributed by atoms with Gasteiger partial charge in [-0.25, -0.2) is 0 Å². The van der Waals surface area contributed by atoms with Crippen LogP contribution in [0.25, 0.3) is 0 Å². The highest BCUT2D eigenvalue weighted by atomic mass is 16.5. The molecule has 2 aliphatic rings. The third kappa shape index (κ3) is 3.74. The number of methoxy groups -OCH3 is 2. The summed E-state index contributed by atoms with van der Waals surface area (Å²) in [6.07, 6.45) is 3.73. The molecule has 3 atom stereocenters. The number of rotatable bonds is 5. The molecule has 4 rings (SSSR count). The fourth-order valence-electron chi connectivity index (χ4n) is 5.88. The normalized spacial score (nSPS) is 28.6. The average Bonchev–Trinajstić information content (AvgIpc) is 2.83. The second kappa shape index (κ2) is 8.64. The van der Waals surface area contributed by atoms with E-state index in [0.29, 0.717) is 0 Å². The van der Waals surface area contributed by atoms with Gasteiger partial charge in [-0.3, -0.25) is 4.79 Å². The van der Waals surface area contributed by atoms with Crippen molar-refractivity contribution in [1.82, 2.24) is 9.80 Å². The van der Waals surface area contributed by atoms with E-state index in [4.69, 9.17) is 9.47 Å². The maximum atomic E-state index is 13.2. The smallest absolute Gasteiger partial charge is 0.253 e. The molecule has 0 radical (unpaired) electrons. The van der Waals surface area contributed by atoms with E-state index < -0.39 is 0 Å². The van der Waals surface area contributed by atoms with Crippen molar-refractivity contribution in [3.63, 3.8) is 0 Å². The van der Waals surface area contributed by atoms with Crippen molar-refractivity contribution in [3.05, 3.63) is 65.7 Å². The van der Waals surface area contributed by atoms with Crippen molar-refractivity contribution < 1.29 is 14.3 Å². The molecule has 5 heteroatoms. The van der Waals surface area contributed by atoms with Crippen molar-refractivity contribution in [1.29, 1.82) is 0 Å². The highest BCUT2D eigenvalue weighted by molar-refractivity contribution is 5.94. The van der Waals surface area contributed by atoms with Gasteiger partial charge in [0.15, 0.2) is 0 Å². The minimum absolute atomic E-state index is 0.0873. The molecule has 5 nitrogen and oxygen atoms in total. The van der Waals surface area contributed by atoms with Gasteiger partial charge in [0, 0.05) is 37.7 Å². The first kappa shape index (κ1) is 21.8. The van der Waals surface area contributed by atoms with Gasteiger partial charge in [0.2, 0.25) is 0 Å². The van der Waals surface area contributed by atoms with Crippen LogP contribution >= 0.6 is 0 Å². The van der Waals surface area contributed by atoms with Crippen LogP contribution in [0.5, 0.6) is 5.75 Å². The molecule has 1 heterocycles. The van der Waals surface area contributed by atoms with E-state index in [1.54, 1.807) is 7.11 Å². The number of fused-ring (bicyclic) bond motifs is 1. The van der Waals surface area contributed by atoms with Gasteiger partial charge in [-0.2, -0.15) is 0 Å². The molecule has 2 aromatic carbocycles. The quantitative estimate of drug-likeness (QED) is 0.731. The molecule has 1 saturated heterocycles. The Morgan fingerprint density at radius 1 is 1.10 bits per heavy atom. The van der Waals surface area contributed by atoms with Gasteiger partial charge in [0.1, 0.15) is 5.75 Å². The van der Waals surface area contributed by atoms with E-state index in [0.717, 1.165) is 50.1 Å². The second-order valence-electron chi connectivity index (χ2n) is 9.18. The van der Waals surface area contributed by atoms with Gasteiger partial charge in [0.25, 0.3) is 5.91 Å². The Morgan fingerprint density at radius 2 is 1.87 bits per heavy atom. The number of carbonyl (C=O) groups excluding carboxylic acids is 1. The third-order valence-electron chi connectivity index (χ3n) is 7.69. The summed E-state index contributed by atoms with van der Waals surface area (Å²) in [6.45, 7) is 1.90. The maximum absolute atomic E-state index is 13.2. The molecule has 0 spiro atoms. The lowest BCUT2D eigenvalue weighted by Gasteiger charge is -2.60. The lowest BCUT2D eigenvalue weighted by atomic mass is 9.55. The predicted molar refractivity (Wildman–Crippen MR) is 123 cm³/mol. The summed E-state index contributed by atoms with van der Waals surface area (Å²) in [6, 6.07) is 18.2. The molecule has 31 heavy (non-hydrogen) atoms. The van der Waals surface area contributed by atoms with Crippen LogP contribution in [0.1, 0.15) is 41.6 Å². The predicted octanol–water partition coefficient (Wildman–Crippen LogP) is 3.98. The lowest BCUT2D eigenvalue weighted by Crippen LogP contribution is -2.67. The topological polar surface area (TPSA) is 42.0 Å². The van der Waals surface area contributed by atoms with Crippen molar-refractivity contribution in [3.8, 4) is 5.75 Å². The SMILES string of the molecule is COc1cccc(C23CCN(C)CC2(OC)CC[C@H](N(C)C(=O)c2ccccc2)C3)c1. The molecule has 0 N–H and O–H groups in total. The molecular weight excluding hydrogens is 388 g/mol. The number of amides is 1. The van der Waals surface area contributed by atoms with E-state index >= 15 is 0 Å². The van der Waals surface area contributed by atoms with E-state index in [1.807, 2.05) is 55.5 Å². The Hall–Kier alpha value is -2.37. The lowest BCUT2D eigenvalue weighted by molar-refractivity contribution is -0.149. The molecule has 0 bridgehead atoms. The molecule has 0 aromatic heterocycles. The summed E-state index contributed by atoms with van der Waals surface area (Å²) < 4.78 is 11.9.